The summed E-state index contributed by atoms with van der Waals surface area (Å²) in [6.07, 6.45) is 1.57. The maximum absolute atomic E-state index is 9.81. The van der Waals surface area contributed by atoms with Gasteiger partial charge in [0.15, 0.2) is 0 Å². The molecule has 1 rings (SSSR count). The van der Waals surface area contributed by atoms with Crippen LogP contribution in [0, 0.1) is 0 Å². The molecule has 0 aromatic carbocycles. The number of aromatic nitrogens is 1. The van der Waals surface area contributed by atoms with Gasteiger partial charge in [0.2, 0.25) is 5.88 Å². The van der Waals surface area contributed by atoms with Gasteiger partial charge in [-0.1, -0.05) is 6.07 Å². The Morgan fingerprint density at radius 1 is 1.56 bits per heavy atom. The largest absolute Gasteiger partial charge is 0.397 e. The molecule has 0 radical (unpaired) electrons. The second-order valence-electron chi connectivity index (χ2n) is 1.33. The highest BCUT2D eigenvalue weighted by atomic mass is 31.1. The van der Waals surface area contributed by atoms with Crippen LogP contribution in [0.1, 0.15) is 0 Å². The van der Waals surface area contributed by atoms with Gasteiger partial charge in [-0.05, 0) is 6.07 Å². The van der Waals surface area contributed by atoms with E-state index in [2.05, 4.69) is 9.51 Å². The summed E-state index contributed by atoms with van der Waals surface area (Å²) < 4.78 is 14.3. The molecule has 0 aliphatic rings. The third kappa shape index (κ3) is 1.78. The minimum Gasteiger partial charge on any atom is -0.388 e. The van der Waals surface area contributed by atoms with E-state index < -0.39 is 0 Å². The van der Waals surface area contributed by atoms with Crippen molar-refractivity contribution in [3.8, 4) is 5.88 Å². The number of hydrogen-bond acceptors (Lipinski definition) is 3. The number of hydrogen-bond donors (Lipinski definition) is 0. The molecule has 1 heterocycles. The van der Waals surface area contributed by atoms with Crippen LogP contribution >= 0.6 is 8.69 Å². The molecule has 3 nitrogen and oxygen atoms in total. The smallest absolute Gasteiger partial charge is 0.388 e. The van der Waals surface area contributed by atoms with E-state index in [0.29, 0.717) is 5.88 Å². The zero-order valence-corrected chi connectivity index (χ0v) is 5.41. The molecule has 0 saturated heterocycles. The van der Waals surface area contributed by atoms with Crippen molar-refractivity contribution in [1.82, 2.24) is 4.98 Å². The minimum atomic E-state index is -0.368. The summed E-state index contributed by atoms with van der Waals surface area (Å²) in [6.45, 7) is 0. The Morgan fingerprint density at radius 3 is 3.00 bits per heavy atom. The van der Waals surface area contributed by atoms with E-state index >= 15 is 0 Å². The summed E-state index contributed by atoms with van der Waals surface area (Å²) >= 11 is 0. The lowest BCUT2D eigenvalue weighted by atomic mass is 10.5. The standard InChI is InChI=1S/C5H4NO2P/c7-9-8-5-3-1-2-4-6-5/h1-4H. The Balaban J connectivity index is 2.72. The Morgan fingerprint density at radius 2 is 2.44 bits per heavy atom. The molecule has 0 saturated carbocycles. The van der Waals surface area contributed by atoms with Gasteiger partial charge in [-0.3, -0.25) is 0 Å². The number of pyridine rings is 1. The van der Waals surface area contributed by atoms with Gasteiger partial charge in [-0.15, -0.1) is 0 Å². The van der Waals surface area contributed by atoms with Gasteiger partial charge in [-0.25, -0.2) is 9.55 Å². The van der Waals surface area contributed by atoms with Crippen LogP contribution in [0.4, 0.5) is 0 Å². The fourth-order valence-electron chi connectivity index (χ4n) is 0.439. The first-order valence-corrected chi connectivity index (χ1v) is 3.07. The van der Waals surface area contributed by atoms with E-state index in [-0.39, 0.29) is 8.69 Å². The van der Waals surface area contributed by atoms with Gasteiger partial charge in [0.25, 0.3) is 0 Å². The van der Waals surface area contributed by atoms with Gasteiger partial charge in [0, 0.05) is 12.3 Å². The highest BCUT2D eigenvalue weighted by Gasteiger charge is 1.87. The highest BCUT2D eigenvalue weighted by Crippen LogP contribution is 2.08. The molecular formula is C5H4NO2P. The Kier molecular flexibility index (Phi) is 2.16. The molecule has 0 bridgehead atoms. The van der Waals surface area contributed by atoms with Crippen LogP contribution in [-0.2, 0) is 4.57 Å². The van der Waals surface area contributed by atoms with Crippen LogP contribution in [0.3, 0.4) is 0 Å². The molecule has 0 spiro atoms. The van der Waals surface area contributed by atoms with Crippen LogP contribution < -0.4 is 4.52 Å². The van der Waals surface area contributed by atoms with Crippen molar-refractivity contribution in [1.29, 1.82) is 0 Å². The third-order valence-electron chi connectivity index (χ3n) is 0.769. The first-order chi connectivity index (χ1) is 4.43. The lowest BCUT2D eigenvalue weighted by Gasteiger charge is -1.89. The van der Waals surface area contributed by atoms with Crippen molar-refractivity contribution in [3.63, 3.8) is 0 Å². The molecule has 0 N–H and O–H groups in total. The predicted octanol–water partition coefficient (Wildman–Crippen LogP) is 1.67. The molecule has 46 valence electrons. The normalized spacial score (nSPS) is 9.33. The quantitative estimate of drug-likeness (QED) is 0.588. The van der Waals surface area contributed by atoms with E-state index in [1.165, 1.54) is 0 Å². The van der Waals surface area contributed by atoms with E-state index in [1.54, 1.807) is 24.4 Å². The summed E-state index contributed by atoms with van der Waals surface area (Å²) in [5.41, 5.74) is 0. The topological polar surface area (TPSA) is 39.2 Å². The van der Waals surface area contributed by atoms with Gasteiger partial charge in [-0.2, -0.15) is 0 Å². The lowest BCUT2D eigenvalue weighted by molar-refractivity contribution is 0.515. The molecule has 1 aromatic heterocycles. The molecular weight excluding hydrogens is 137 g/mol. The fourth-order valence-corrected chi connectivity index (χ4v) is 0.624. The summed E-state index contributed by atoms with van der Waals surface area (Å²) in [4.78, 5) is 3.74. The van der Waals surface area contributed by atoms with E-state index in [0.717, 1.165) is 0 Å². The third-order valence-corrected chi connectivity index (χ3v) is 1.03. The molecule has 4 heteroatoms. The second kappa shape index (κ2) is 3.15. The van der Waals surface area contributed by atoms with Crippen LogP contribution in [-0.4, -0.2) is 4.98 Å². The second-order valence-corrected chi connectivity index (χ2v) is 1.67. The van der Waals surface area contributed by atoms with Gasteiger partial charge >= 0.3 is 8.69 Å². The zero-order valence-electron chi connectivity index (χ0n) is 4.52. The number of nitrogens with zero attached hydrogens (tertiary/aromatic N) is 1. The van der Waals surface area contributed by atoms with Crippen molar-refractivity contribution in [2.75, 3.05) is 0 Å². The molecule has 9 heavy (non-hydrogen) atoms. The first kappa shape index (κ1) is 6.17. The Hall–Kier alpha value is -0.950. The Labute approximate surface area is 54.0 Å². The molecule has 1 aromatic rings. The first-order valence-electron chi connectivity index (χ1n) is 2.34. The predicted molar refractivity (Wildman–Crippen MR) is 32.5 cm³/mol. The van der Waals surface area contributed by atoms with Crippen molar-refractivity contribution >= 4 is 8.69 Å². The van der Waals surface area contributed by atoms with Crippen LogP contribution in [0.5, 0.6) is 5.88 Å². The summed E-state index contributed by atoms with van der Waals surface area (Å²) in [5.74, 6) is 0.370. The SMILES string of the molecule is O=POc1ccccn1. The minimum absolute atomic E-state index is 0.368. The monoisotopic (exact) mass is 141 g/mol. The van der Waals surface area contributed by atoms with Gasteiger partial charge in [0.05, 0.1) is 0 Å². The van der Waals surface area contributed by atoms with Crippen molar-refractivity contribution < 1.29 is 9.09 Å². The van der Waals surface area contributed by atoms with Gasteiger partial charge < -0.3 is 4.52 Å². The molecule has 0 unspecified atom stereocenters. The fraction of sp³-hybridized carbons (Fsp3) is 0. The van der Waals surface area contributed by atoms with E-state index in [4.69, 9.17) is 0 Å². The zero-order chi connectivity index (χ0) is 6.53. The van der Waals surface area contributed by atoms with Crippen LogP contribution in [0.25, 0.3) is 0 Å². The summed E-state index contributed by atoms with van der Waals surface area (Å²) in [5, 5.41) is 0. The van der Waals surface area contributed by atoms with Gasteiger partial charge in [0.1, 0.15) is 0 Å². The Bertz CT molecular complexity index is 189. The van der Waals surface area contributed by atoms with Crippen LogP contribution in [0.2, 0.25) is 0 Å². The van der Waals surface area contributed by atoms with Crippen molar-refractivity contribution in [3.05, 3.63) is 24.4 Å². The molecule has 0 amide bonds. The summed E-state index contributed by atoms with van der Waals surface area (Å²) in [7, 11) is -0.368. The molecule has 0 fully saturated rings. The molecule has 0 aliphatic carbocycles. The lowest BCUT2D eigenvalue weighted by Crippen LogP contribution is -1.76. The maximum Gasteiger partial charge on any atom is 0.397 e. The van der Waals surface area contributed by atoms with Crippen molar-refractivity contribution in [2.45, 2.75) is 0 Å². The molecule has 0 aliphatic heterocycles. The van der Waals surface area contributed by atoms with E-state index in [9.17, 15) is 4.57 Å². The van der Waals surface area contributed by atoms with Crippen molar-refractivity contribution in [2.24, 2.45) is 0 Å². The summed E-state index contributed by atoms with van der Waals surface area (Å²) in [6, 6.07) is 5.15. The maximum atomic E-state index is 9.81. The number of rotatable bonds is 2. The van der Waals surface area contributed by atoms with Crippen LogP contribution in [0.15, 0.2) is 24.4 Å². The average Bonchev–Trinajstić information content (AvgIpc) is 1.91. The highest BCUT2D eigenvalue weighted by molar-refractivity contribution is 7.17. The average molecular weight is 141 g/mol. The molecule has 0 atom stereocenters. The van der Waals surface area contributed by atoms with E-state index in [1.807, 2.05) is 0 Å².